The van der Waals surface area contributed by atoms with Crippen LogP contribution < -0.4 is 10.6 Å². The molecule has 0 radical (unpaired) electrons. The van der Waals surface area contributed by atoms with E-state index in [0.29, 0.717) is 38.5 Å². The number of nitrogens with zero attached hydrogens (tertiary/aromatic N) is 3. The van der Waals surface area contributed by atoms with Gasteiger partial charge >= 0.3 is 29.8 Å². The van der Waals surface area contributed by atoms with Gasteiger partial charge in [-0.15, -0.1) is 0 Å². The Morgan fingerprint density at radius 1 is 0.740 bits per heavy atom. The molecule has 0 aromatic heterocycles. The van der Waals surface area contributed by atoms with Gasteiger partial charge in [0.2, 0.25) is 11.8 Å². The highest BCUT2D eigenvalue weighted by Crippen LogP contribution is 2.68. The largest absolute Gasteiger partial charge is 0.480 e. The van der Waals surface area contributed by atoms with Gasteiger partial charge in [-0.1, -0.05) is 51.1 Å². The summed E-state index contributed by atoms with van der Waals surface area (Å²) < 4.78 is 5.90. The fourth-order valence-electron chi connectivity index (χ4n) is 13.4. The zero-order valence-electron chi connectivity index (χ0n) is 42.7. The van der Waals surface area contributed by atoms with Gasteiger partial charge in [-0.3, -0.25) is 43.5 Å². The number of hydrogen-bond acceptors (Lipinski definition) is 14. The summed E-state index contributed by atoms with van der Waals surface area (Å²) >= 11 is 0. The minimum atomic E-state index is -1.28. The quantitative estimate of drug-likeness (QED) is 0.0476. The molecule has 13 atom stereocenters. The highest BCUT2D eigenvalue weighted by atomic mass is 16.5. The number of hydrogen-bond donors (Lipinski definition) is 10. The number of unbranched alkanes of at least 4 members (excludes halogenated alkanes) is 1. The number of aliphatic hydroxyl groups excluding tert-OH is 3. The second kappa shape index (κ2) is 27.1. The number of aliphatic carboxylic acids is 5. The van der Waals surface area contributed by atoms with E-state index in [4.69, 9.17) is 4.74 Å². The third-order valence-electron chi connectivity index (χ3n) is 17.2. The molecule has 0 bridgehead atoms. The minimum absolute atomic E-state index is 0.0427. The van der Waals surface area contributed by atoms with E-state index in [1.54, 1.807) is 12.1 Å². The number of fused-ring (bicyclic) bond motifs is 5. The molecule has 1 aromatic carbocycles. The molecule has 2 amide bonds. The van der Waals surface area contributed by atoms with Crippen LogP contribution in [0.4, 0.5) is 0 Å². The zero-order valence-corrected chi connectivity index (χ0v) is 42.7. The normalized spacial score (nSPS) is 28.8. The first kappa shape index (κ1) is 59.1. The average molecular weight is 1030 g/mol. The summed E-state index contributed by atoms with van der Waals surface area (Å²) in [6.07, 6.45) is 5.15. The molecule has 4 fully saturated rings. The molecule has 4 saturated carbocycles. The van der Waals surface area contributed by atoms with Crippen LogP contribution in [0.15, 0.2) is 30.3 Å². The molecule has 1 aromatic rings. The molecule has 73 heavy (non-hydrogen) atoms. The summed E-state index contributed by atoms with van der Waals surface area (Å²) in [6.45, 7) is 3.57. The van der Waals surface area contributed by atoms with Crippen molar-refractivity contribution in [2.75, 3.05) is 65.5 Å². The Kier molecular flexibility index (Phi) is 22.0. The first-order chi connectivity index (χ1) is 34.5. The average Bonchev–Trinajstić information content (AvgIpc) is 3.68. The number of aliphatic hydroxyl groups is 3. The van der Waals surface area contributed by atoms with Crippen molar-refractivity contribution in [1.82, 2.24) is 25.3 Å². The molecule has 2 unspecified atom stereocenters. The van der Waals surface area contributed by atoms with Crippen LogP contribution in [-0.4, -0.2) is 193 Å². The summed E-state index contributed by atoms with van der Waals surface area (Å²) in [6, 6.07) is 6.66. The standard InChI is InChI=1S/C52H81N5O16/c1-32(36-13-14-37-48-38(25-42(60)52(36,37)3)51(2)17-16-35(58)23-34(51)24-41(48)59)12-15-43(61)54-39(50(71)72)11-7-8-18-53-49(70)40(31-73-30-33-9-5-4-6-10-33)57(29-47(68)69)22-21-55(26-44(62)63)19-20-56(27-45(64)65)28-46(66)67/h4-6,9-10,32,34-42,48,58-60H,7-8,11-31H2,1-3H3,(H,53,70)(H,54,61)(H,62,63)(H,64,65)(H,66,67)(H,68,69)(H,71,72)/t32-,34+,35-,36-,37+,38+,39?,40?,41-,42+,48+,51+,52-/m1/s1. The molecule has 0 aliphatic heterocycles. The van der Waals surface area contributed by atoms with E-state index in [1.807, 2.05) is 18.2 Å². The maximum absolute atomic E-state index is 13.9. The van der Waals surface area contributed by atoms with Crippen LogP contribution in [0.3, 0.4) is 0 Å². The predicted molar refractivity (Wildman–Crippen MR) is 264 cm³/mol. The predicted octanol–water partition coefficient (Wildman–Crippen LogP) is 2.05. The highest BCUT2D eigenvalue weighted by Gasteiger charge is 2.65. The van der Waals surface area contributed by atoms with Crippen molar-refractivity contribution in [3.05, 3.63) is 35.9 Å². The van der Waals surface area contributed by atoms with Gasteiger partial charge in [0, 0.05) is 39.1 Å². The van der Waals surface area contributed by atoms with E-state index in [2.05, 4.69) is 31.4 Å². The van der Waals surface area contributed by atoms with Gasteiger partial charge in [0.15, 0.2) is 0 Å². The monoisotopic (exact) mass is 1030 g/mol. The van der Waals surface area contributed by atoms with Crippen LogP contribution in [0.5, 0.6) is 0 Å². The molecule has 4 aliphatic carbocycles. The van der Waals surface area contributed by atoms with E-state index in [1.165, 1.54) is 9.80 Å². The summed E-state index contributed by atoms with van der Waals surface area (Å²) in [4.78, 5) is 89.9. The fraction of sp³-hybridized carbons (Fsp3) is 0.750. The van der Waals surface area contributed by atoms with Gasteiger partial charge in [0.1, 0.15) is 12.1 Å². The third kappa shape index (κ3) is 16.1. The van der Waals surface area contributed by atoms with Crippen molar-refractivity contribution in [2.24, 2.45) is 46.3 Å². The molecule has 5 rings (SSSR count). The number of rotatable bonds is 31. The van der Waals surface area contributed by atoms with E-state index in [0.717, 1.165) is 36.1 Å². The molecule has 0 spiro atoms. The Bertz CT molecular complexity index is 2020. The van der Waals surface area contributed by atoms with Crippen LogP contribution >= 0.6 is 0 Å². The van der Waals surface area contributed by atoms with E-state index in [9.17, 15) is 74.4 Å². The Morgan fingerprint density at radius 2 is 1.37 bits per heavy atom. The first-order valence-corrected chi connectivity index (χ1v) is 26.0. The SMILES string of the molecule is C[C@H](CCC(=O)NC(CCCCNC(=O)C(COCc1ccccc1)N(CCN(CCN(CC(=O)O)CC(=O)O)CC(=O)O)CC(=O)O)C(=O)O)[C@H]1CC[C@H]2[C@@H]3[C@H](O)C[C@@H]4C[C@H](O)CC[C@]4(C)[C@H]3C[C@H](O)[C@]12C. The maximum atomic E-state index is 13.9. The molecule has 4 aliphatic rings. The number of ether oxygens (including phenoxy) is 1. The van der Waals surface area contributed by atoms with Crippen molar-refractivity contribution >= 4 is 41.7 Å². The molecule has 0 heterocycles. The first-order valence-electron chi connectivity index (χ1n) is 26.0. The lowest BCUT2D eigenvalue weighted by atomic mass is 9.43. The number of amides is 2. The van der Waals surface area contributed by atoms with Crippen LogP contribution in [0, 0.1) is 46.3 Å². The van der Waals surface area contributed by atoms with Crippen LogP contribution in [-0.2, 0) is 44.9 Å². The van der Waals surface area contributed by atoms with E-state index in [-0.39, 0.29) is 106 Å². The van der Waals surface area contributed by atoms with Crippen LogP contribution in [0.2, 0.25) is 0 Å². The van der Waals surface area contributed by atoms with E-state index < -0.39 is 97.5 Å². The zero-order chi connectivity index (χ0) is 53.6. The number of benzene rings is 1. The molecule has 0 saturated heterocycles. The minimum Gasteiger partial charge on any atom is -0.480 e. The number of nitrogens with one attached hydrogen (secondary N) is 2. The number of carbonyl (C=O) groups is 7. The molecular weight excluding hydrogens is 951 g/mol. The van der Waals surface area contributed by atoms with Gasteiger partial charge in [0.05, 0.1) is 57.7 Å². The lowest BCUT2D eigenvalue weighted by Crippen LogP contribution is -2.62. The Labute approximate surface area is 427 Å². The third-order valence-corrected chi connectivity index (χ3v) is 17.2. The number of carboxylic acid groups (broad SMARTS) is 5. The van der Waals surface area contributed by atoms with Crippen molar-refractivity contribution in [3.63, 3.8) is 0 Å². The second-order valence-corrected chi connectivity index (χ2v) is 21.8. The lowest BCUT2D eigenvalue weighted by Gasteiger charge is -2.63. The molecule has 21 heteroatoms. The van der Waals surface area contributed by atoms with Gasteiger partial charge < -0.3 is 56.2 Å². The van der Waals surface area contributed by atoms with E-state index >= 15 is 0 Å². The molecule has 21 nitrogen and oxygen atoms in total. The summed E-state index contributed by atoms with van der Waals surface area (Å²) in [5, 5.41) is 87.6. The molecule has 410 valence electrons. The smallest absolute Gasteiger partial charge is 0.326 e. The number of carbonyl (C=O) groups excluding carboxylic acids is 2. The second-order valence-electron chi connectivity index (χ2n) is 21.8. The van der Waals surface area contributed by atoms with Crippen LogP contribution in [0.1, 0.15) is 103 Å². The fourth-order valence-corrected chi connectivity index (χ4v) is 13.4. The summed E-state index contributed by atoms with van der Waals surface area (Å²) in [5.74, 6) is -6.57. The van der Waals surface area contributed by atoms with Gasteiger partial charge in [-0.05, 0) is 123 Å². The van der Waals surface area contributed by atoms with Crippen molar-refractivity contribution in [1.29, 1.82) is 0 Å². The van der Waals surface area contributed by atoms with Crippen molar-refractivity contribution in [2.45, 2.75) is 135 Å². The summed E-state index contributed by atoms with van der Waals surface area (Å²) in [5.41, 5.74) is 0.302. The molecule has 10 N–H and O–H groups in total. The topological polar surface area (TPSA) is 324 Å². The Balaban J connectivity index is 1.13. The van der Waals surface area contributed by atoms with Gasteiger partial charge in [-0.25, -0.2) is 4.79 Å². The summed E-state index contributed by atoms with van der Waals surface area (Å²) in [7, 11) is 0. The van der Waals surface area contributed by atoms with Crippen LogP contribution in [0.25, 0.3) is 0 Å². The Hall–Kier alpha value is -4.77. The number of carboxylic acids is 5. The van der Waals surface area contributed by atoms with Crippen molar-refractivity contribution < 1.29 is 79.2 Å². The highest BCUT2D eigenvalue weighted by molar-refractivity contribution is 5.84. The maximum Gasteiger partial charge on any atom is 0.326 e. The van der Waals surface area contributed by atoms with Crippen molar-refractivity contribution in [3.8, 4) is 0 Å². The Morgan fingerprint density at radius 3 is 2.01 bits per heavy atom. The lowest BCUT2D eigenvalue weighted by molar-refractivity contribution is -0.207. The molecular formula is C52H81N5O16. The van der Waals surface area contributed by atoms with Gasteiger partial charge in [0.25, 0.3) is 0 Å². The van der Waals surface area contributed by atoms with Gasteiger partial charge in [-0.2, -0.15) is 0 Å².